The molecule has 0 spiro atoms. The van der Waals surface area contributed by atoms with Gasteiger partial charge >= 0.3 is 0 Å². The van der Waals surface area contributed by atoms with Crippen LogP contribution < -0.4 is 5.32 Å². The lowest BCUT2D eigenvalue weighted by Crippen LogP contribution is -2.47. The molecule has 1 N–H and O–H groups in total. The molecule has 5 nitrogen and oxygen atoms in total. The van der Waals surface area contributed by atoms with E-state index in [1.165, 1.54) is 0 Å². The molecule has 1 aromatic rings. The number of hydrogen-bond donors (Lipinski definition) is 1. The van der Waals surface area contributed by atoms with E-state index in [9.17, 15) is 8.42 Å². The van der Waals surface area contributed by atoms with Crippen LogP contribution in [0.1, 0.15) is 23.6 Å². The van der Waals surface area contributed by atoms with E-state index in [0.29, 0.717) is 31.2 Å². The number of benzene rings is 1. The highest BCUT2D eigenvalue weighted by Crippen LogP contribution is 2.26. The Bertz CT molecular complexity index is 614. The van der Waals surface area contributed by atoms with Crippen molar-refractivity contribution in [1.82, 2.24) is 9.62 Å². The van der Waals surface area contributed by atoms with Crippen LogP contribution in [0.5, 0.6) is 0 Å². The highest BCUT2D eigenvalue weighted by molar-refractivity contribution is 7.89. The summed E-state index contributed by atoms with van der Waals surface area (Å²) in [6.07, 6.45) is 0. The van der Waals surface area contributed by atoms with Crippen molar-refractivity contribution in [2.45, 2.75) is 38.3 Å². The topological polar surface area (TPSA) is 58.6 Å². The first-order valence-electron chi connectivity index (χ1n) is 7.22. The molecule has 1 unspecified atom stereocenters. The number of aryl methyl sites for hydroxylation is 1. The van der Waals surface area contributed by atoms with Gasteiger partial charge in [0.05, 0.1) is 18.1 Å². The molecule has 1 aromatic carbocycles. The first-order chi connectivity index (χ1) is 9.87. The minimum atomic E-state index is -3.48. The molecule has 0 aliphatic carbocycles. The van der Waals surface area contributed by atoms with Crippen molar-refractivity contribution in [3.05, 3.63) is 28.8 Å². The van der Waals surface area contributed by atoms with Gasteiger partial charge in [-0.2, -0.15) is 4.31 Å². The zero-order valence-corrected chi connectivity index (χ0v) is 14.0. The van der Waals surface area contributed by atoms with Gasteiger partial charge in [0.2, 0.25) is 10.0 Å². The summed E-state index contributed by atoms with van der Waals surface area (Å²) in [6, 6.07) is 3.70. The SMILES string of the molecule is CNCc1cc(C)c(C)c(S(=O)(=O)N2CCOCC2C)c1. The summed E-state index contributed by atoms with van der Waals surface area (Å²) >= 11 is 0. The molecule has 1 fully saturated rings. The number of sulfonamides is 1. The fourth-order valence-corrected chi connectivity index (χ4v) is 4.62. The molecule has 1 saturated heterocycles. The Labute approximate surface area is 127 Å². The van der Waals surface area contributed by atoms with Gasteiger partial charge in [0.15, 0.2) is 0 Å². The summed E-state index contributed by atoms with van der Waals surface area (Å²) < 4.78 is 32.9. The molecule has 1 aliphatic heterocycles. The second-order valence-electron chi connectivity index (χ2n) is 5.61. The van der Waals surface area contributed by atoms with Crippen LogP contribution in [0.15, 0.2) is 17.0 Å². The standard InChI is InChI=1S/C15H24N2O3S/c1-11-7-14(9-16-4)8-15(13(11)3)21(18,19)17-5-6-20-10-12(17)2/h7-8,12,16H,5-6,9-10H2,1-4H3. The van der Waals surface area contributed by atoms with Crippen LogP contribution in [0.25, 0.3) is 0 Å². The van der Waals surface area contributed by atoms with Crippen LogP contribution >= 0.6 is 0 Å². The van der Waals surface area contributed by atoms with E-state index in [1.54, 1.807) is 10.4 Å². The summed E-state index contributed by atoms with van der Waals surface area (Å²) in [5.74, 6) is 0. The van der Waals surface area contributed by atoms with Crippen LogP contribution in [0, 0.1) is 13.8 Å². The first kappa shape index (κ1) is 16.4. The van der Waals surface area contributed by atoms with Crippen molar-refractivity contribution in [2.75, 3.05) is 26.8 Å². The fourth-order valence-electron chi connectivity index (χ4n) is 2.67. The third-order valence-corrected chi connectivity index (χ3v) is 6.09. The van der Waals surface area contributed by atoms with Gasteiger partial charge in [-0.3, -0.25) is 0 Å². The van der Waals surface area contributed by atoms with Gasteiger partial charge in [-0.1, -0.05) is 6.07 Å². The van der Waals surface area contributed by atoms with Gasteiger partial charge in [-0.05, 0) is 50.6 Å². The molecular formula is C15H24N2O3S. The molecule has 1 aliphatic rings. The van der Waals surface area contributed by atoms with Gasteiger partial charge in [0.25, 0.3) is 0 Å². The Kier molecular flexibility index (Phi) is 5.03. The summed E-state index contributed by atoms with van der Waals surface area (Å²) in [5.41, 5.74) is 2.82. The normalized spacial score (nSPS) is 20.7. The van der Waals surface area contributed by atoms with E-state index < -0.39 is 10.0 Å². The van der Waals surface area contributed by atoms with Crippen molar-refractivity contribution in [2.24, 2.45) is 0 Å². The molecule has 1 atom stereocenters. The molecule has 1 heterocycles. The molecule has 21 heavy (non-hydrogen) atoms. The van der Waals surface area contributed by atoms with Gasteiger partial charge < -0.3 is 10.1 Å². The van der Waals surface area contributed by atoms with E-state index in [2.05, 4.69) is 5.32 Å². The molecule has 118 valence electrons. The lowest BCUT2D eigenvalue weighted by Gasteiger charge is -2.33. The average molecular weight is 312 g/mol. The molecule has 0 saturated carbocycles. The van der Waals surface area contributed by atoms with Gasteiger partial charge in [-0.25, -0.2) is 8.42 Å². The number of nitrogens with one attached hydrogen (secondary N) is 1. The molecule has 0 bridgehead atoms. The number of hydrogen-bond acceptors (Lipinski definition) is 4. The van der Waals surface area contributed by atoms with Crippen LogP contribution in [0.4, 0.5) is 0 Å². The Morgan fingerprint density at radius 1 is 1.38 bits per heavy atom. The largest absolute Gasteiger partial charge is 0.378 e. The lowest BCUT2D eigenvalue weighted by molar-refractivity contribution is 0.0392. The molecule has 0 radical (unpaired) electrons. The maximum absolute atomic E-state index is 13.0. The van der Waals surface area contributed by atoms with E-state index in [-0.39, 0.29) is 6.04 Å². The summed E-state index contributed by atoms with van der Waals surface area (Å²) in [6.45, 7) is 7.69. The Morgan fingerprint density at radius 2 is 2.10 bits per heavy atom. The van der Waals surface area contributed by atoms with Crippen molar-refractivity contribution in [3.8, 4) is 0 Å². The van der Waals surface area contributed by atoms with Gasteiger partial charge in [0, 0.05) is 19.1 Å². The van der Waals surface area contributed by atoms with E-state index in [0.717, 1.165) is 16.7 Å². The van der Waals surface area contributed by atoms with Crippen LogP contribution in [0.3, 0.4) is 0 Å². The maximum atomic E-state index is 13.0. The van der Waals surface area contributed by atoms with Crippen molar-refractivity contribution < 1.29 is 13.2 Å². The minimum absolute atomic E-state index is 0.128. The smallest absolute Gasteiger partial charge is 0.243 e. The van der Waals surface area contributed by atoms with Gasteiger partial charge in [-0.15, -0.1) is 0 Å². The fraction of sp³-hybridized carbons (Fsp3) is 0.600. The quantitative estimate of drug-likeness (QED) is 0.914. The monoisotopic (exact) mass is 312 g/mol. The molecule has 0 aromatic heterocycles. The highest BCUT2D eigenvalue weighted by Gasteiger charge is 2.32. The third-order valence-electron chi connectivity index (χ3n) is 3.95. The van der Waals surface area contributed by atoms with Crippen molar-refractivity contribution in [1.29, 1.82) is 0 Å². The van der Waals surface area contributed by atoms with Gasteiger partial charge in [0.1, 0.15) is 0 Å². The third kappa shape index (κ3) is 3.29. The Hall–Kier alpha value is -0.950. The highest BCUT2D eigenvalue weighted by atomic mass is 32.2. The first-order valence-corrected chi connectivity index (χ1v) is 8.66. The molecule has 6 heteroatoms. The predicted octanol–water partition coefficient (Wildman–Crippen LogP) is 1.43. The second-order valence-corrected chi connectivity index (χ2v) is 7.46. The molecular weight excluding hydrogens is 288 g/mol. The van der Waals surface area contributed by atoms with E-state index in [4.69, 9.17) is 4.74 Å². The summed E-state index contributed by atoms with van der Waals surface area (Å²) in [7, 11) is -1.63. The Morgan fingerprint density at radius 3 is 2.71 bits per heavy atom. The zero-order chi connectivity index (χ0) is 15.6. The Balaban J connectivity index is 2.48. The van der Waals surface area contributed by atoms with Crippen LogP contribution in [-0.2, 0) is 21.3 Å². The lowest BCUT2D eigenvalue weighted by atomic mass is 10.1. The number of ether oxygens (including phenoxy) is 1. The van der Waals surface area contributed by atoms with E-state index in [1.807, 2.05) is 33.9 Å². The molecule has 0 amide bonds. The predicted molar refractivity (Wildman–Crippen MR) is 82.9 cm³/mol. The number of morpholine rings is 1. The van der Waals surface area contributed by atoms with Crippen LogP contribution in [0.2, 0.25) is 0 Å². The van der Waals surface area contributed by atoms with E-state index >= 15 is 0 Å². The zero-order valence-electron chi connectivity index (χ0n) is 13.1. The molecule has 2 rings (SSSR count). The second kappa shape index (κ2) is 6.44. The van der Waals surface area contributed by atoms with Crippen LogP contribution in [-0.4, -0.2) is 45.6 Å². The van der Waals surface area contributed by atoms with Crippen molar-refractivity contribution >= 4 is 10.0 Å². The maximum Gasteiger partial charge on any atom is 0.243 e. The minimum Gasteiger partial charge on any atom is -0.378 e. The summed E-state index contributed by atoms with van der Waals surface area (Å²) in [5, 5.41) is 3.07. The average Bonchev–Trinajstić information content (AvgIpc) is 2.43. The summed E-state index contributed by atoms with van der Waals surface area (Å²) in [4.78, 5) is 0.418. The number of nitrogens with zero attached hydrogens (tertiary/aromatic N) is 1. The van der Waals surface area contributed by atoms with Crippen molar-refractivity contribution in [3.63, 3.8) is 0 Å². The number of rotatable bonds is 4.